The minimum Gasteiger partial charge on any atom is -0.339 e. The molecule has 0 bridgehead atoms. The summed E-state index contributed by atoms with van der Waals surface area (Å²) in [5, 5.41) is 0.676. The van der Waals surface area contributed by atoms with Crippen LogP contribution in [0.4, 0.5) is 13.2 Å². The molecule has 122 valence electrons. The average molecular weight is 353 g/mol. The molecule has 0 aromatic heterocycles. The molecule has 1 saturated heterocycles. The van der Waals surface area contributed by atoms with E-state index in [1.54, 1.807) is 6.07 Å². The van der Waals surface area contributed by atoms with Gasteiger partial charge in [0, 0.05) is 37.7 Å². The van der Waals surface area contributed by atoms with Crippen molar-refractivity contribution in [3.05, 3.63) is 34.9 Å². The molecule has 2 rings (SSSR count). The van der Waals surface area contributed by atoms with E-state index in [1.807, 2.05) is 18.2 Å². The third-order valence-corrected chi connectivity index (χ3v) is 4.33. The van der Waals surface area contributed by atoms with Gasteiger partial charge in [-0.3, -0.25) is 9.69 Å². The normalized spacial score (nSPS) is 16.8. The van der Waals surface area contributed by atoms with Gasteiger partial charge in [0.05, 0.1) is 5.75 Å². The van der Waals surface area contributed by atoms with Crippen molar-refractivity contribution in [3.8, 4) is 0 Å². The SMILES string of the molecule is O=C(CSC(F)(F)F)N1CCN(Cc2cccc(Cl)c2)CC1. The smallest absolute Gasteiger partial charge is 0.339 e. The fourth-order valence-corrected chi connectivity index (χ4v) is 2.97. The van der Waals surface area contributed by atoms with Crippen molar-refractivity contribution in [3.63, 3.8) is 0 Å². The summed E-state index contributed by atoms with van der Waals surface area (Å²) in [4.78, 5) is 15.4. The first-order chi connectivity index (χ1) is 10.3. The number of nitrogens with zero attached hydrogens (tertiary/aromatic N) is 2. The van der Waals surface area contributed by atoms with E-state index < -0.39 is 17.2 Å². The molecule has 0 N–H and O–H groups in total. The molecule has 0 saturated carbocycles. The number of carbonyl (C=O) groups is 1. The highest BCUT2D eigenvalue weighted by atomic mass is 35.5. The van der Waals surface area contributed by atoms with Gasteiger partial charge in [0.15, 0.2) is 0 Å². The highest BCUT2D eigenvalue weighted by molar-refractivity contribution is 8.00. The van der Waals surface area contributed by atoms with Crippen LogP contribution < -0.4 is 0 Å². The number of carbonyl (C=O) groups excluding carboxylic acids is 1. The fraction of sp³-hybridized carbons (Fsp3) is 0.500. The zero-order valence-electron chi connectivity index (χ0n) is 11.8. The molecular formula is C14H16ClF3N2OS. The van der Waals surface area contributed by atoms with Crippen LogP contribution in [0.5, 0.6) is 0 Å². The van der Waals surface area contributed by atoms with E-state index in [0.717, 1.165) is 12.1 Å². The van der Waals surface area contributed by atoms with Crippen molar-refractivity contribution in [2.24, 2.45) is 0 Å². The van der Waals surface area contributed by atoms with Crippen molar-refractivity contribution in [1.82, 2.24) is 9.80 Å². The van der Waals surface area contributed by atoms with Crippen LogP contribution in [0, 0.1) is 0 Å². The number of amides is 1. The Labute approximate surface area is 136 Å². The summed E-state index contributed by atoms with van der Waals surface area (Å²) in [6, 6.07) is 7.55. The molecule has 1 aromatic carbocycles. The summed E-state index contributed by atoms with van der Waals surface area (Å²) >= 11 is 5.65. The van der Waals surface area contributed by atoms with Crippen molar-refractivity contribution >= 4 is 29.3 Å². The molecule has 22 heavy (non-hydrogen) atoms. The van der Waals surface area contributed by atoms with Crippen LogP contribution >= 0.6 is 23.4 Å². The molecule has 1 heterocycles. The van der Waals surface area contributed by atoms with E-state index in [9.17, 15) is 18.0 Å². The molecule has 1 fully saturated rings. The summed E-state index contributed by atoms with van der Waals surface area (Å²) in [7, 11) is 0. The largest absolute Gasteiger partial charge is 0.442 e. The molecule has 1 aromatic rings. The van der Waals surface area contributed by atoms with Crippen molar-refractivity contribution in [2.75, 3.05) is 31.9 Å². The molecule has 3 nitrogen and oxygen atoms in total. The van der Waals surface area contributed by atoms with Gasteiger partial charge in [-0.05, 0) is 29.5 Å². The number of benzene rings is 1. The zero-order chi connectivity index (χ0) is 16.2. The van der Waals surface area contributed by atoms with Crippen molar-refractivity contribution in [2.45, 2.75) is 12.1 Å². The lowest BCUT2D eigenvalue weighted by atomic mass is 10.2. The van der Waals surface area contributed by atoms with Crippen LogP contribution in [-0.2, 0) is 11.3 Å². The minimum absolute atomic E-state index is 0.279. The summed E-state index contributed by atoms with van der Waals surface area (Å²) in [5.74, 6) is -0.998. The first-order valence-electron chi connectivity index (χ1n) is 6.79. The first-order valence-corrected chi connectivity index (χ1v) is 8.15. The number of alkyl halides is 3. The van der Waals surface area contributed by atoms with Gasteiger partial charge in [-0.1, -0.05) is 23.7 Å². The highest BCUT2D eigenvalue weighted by Gasteiger charge is 2.31. The summed E-state index contributed by atoms with van der Waals surface area (Å²) in [6.07, 6.45) is 0. The monoisotopic (exact) mass is 352 g/mol. The predicted molar refractivity (Wildman–Crippen MR) is 81.8 cm³/mol. The van der Waals surface area contributed by atoms with E-state index in [0.29, 0.717) is 31.2 Å². The fourth-order valence-electron chi connectivity index (χ4n) is 2.28. The van der Waals surface area contributed by atoms with Crippen LogP contribution in [-0.4, -0.2) is 53.1 Å². The molecule has 0 aliphatic carbocycles. The Morgan fingerprint density at radius 3 is 2.50 bits per heavy atom. The van der Waals surface area contributed by atoms with E-state index in [2.05, 4.69) is 4.90 Å². The Kier molecular flexibility index (Phi) is 6.00. The quantitative estimate of drug-likeness (QED) is 0.831. The van der Waals surface area contributed by atoms with E-state index >= 15 is 0 Å². The third-order valence-electron chi connectivity index (χ3n) is 3.38. The van der Waals surface area contributed by atoms with E-state index in [4.69, 9.17) is 11.6 Å². The van der Waals surface area contributed by atoms with Crippen molar-refractivity contribution < 1.29 is 18.0 Å². The second-order valence-electron chi connectivity index (χ2n) is 5.02. The number of hydrogen-bond donors (Lipinski definition) is 0. The van der Waals surface area contributed by atoms with E-state index in [1.165, 1.54) is 4.90 Å². The second kappa shape index (κ2) is 7.57. The van der Waals surface area contributed by atoms with Gasteiger partial charge in [-0.15, -0.1) is 0 Å². The number of hydrogen-bond acceptors (Lipinski definition) is 3. The predicted octanol–water partition coefficient (Wildman–Crippen LogP) is 3.24. The molecule has 0 unspecified atom stereocenters. The van der Waals surface area contributed by atoms with Gasteiger partial charge in [-0.25, -0.2) is 0 Å². The highest BCUT2D eigenvalue weighted by Crippen LogP contribution is 2.30. The molecule has 0 radical (unpaired) electrons. The molecule has 0 atom stereocenters. The topological polar surface area (TPSA) is 23.6 Å². The maximum atomic E-state index is 12.1. The van der Waals surface area contributed by atoms with Gasteiger partial charge in [-0.2, -0.15) is 13.2 Å². The van der Waals surface area contributed by atoms with Crippen LogP contribution in [0.3, 0.4) is 0 Å². The standard InChI is InChI=1S/C14H16ClF3N2OS/c15-12-3-1-2-11(8-12)9-19-4-6-20(7-5-19)13(21)10-22-14(16,17)18/h1-3,8H,4-7,9-10H2. The number of rotatable bonds is 4. The van der Waals surface area contributed by atoms with E-state index in [-0.39, 0.29) is 11.8 Å². The molecule has 1 amide bonds. The maximum Gasteiger partial charge on any atom is 0.442 e. The van der Waals surface area contributed by atoms with Gasteiger partial charge >= 0.3 is 5.51 Å². The Morgan fingerprint density at radius 2 is 1.91 bits per heavy atom. The van der Waals surface area contributed by atoms with Gasteiger partial charge < -0.3 is 4.90 Å². The molecule has 1 aliphatic rings. The van der Waals surface area contributed by atoms with Gasteiger partial charge in [0.25, 0.3) is 0 Å². The molecule has 0 spiro atoms. The minimum atomic E-state index is -4.36. The summed E-state index contributed by atoms with van der Waals surface area (Å²) in [5.41, 5.74) is -3.27. The lowest BCUT2D eigenvalue weighted by Gasteiger charge is -2.34. The summed E-state index contributed by atoms with van der Waals surface area (Å²) in [6.45, 7) is 2.93. The Bertz CT molecular complexity index is 519. The number of halogens is 4. The lowest BCUT2D eigenvalue weighted by Crippen LogP contribution is -2.49. The Hall–Kier alpha value is -0.920. The Morgan fingerprint density at radius 1 is 1.23 bits per heavy atom. The number of thioether (sulfide) groups is 1. The van der Waals surface area contributed by atoms with Crippen LogP contribution in [0.25, 0.3) is 0 Å². The zero-order valence-corrected chi connectivity index (χ0v) is 13.3. The average Bonchev–Trinajstić information content (AvgIpc) is 2.45. The number of piperazine rings is 1. The lowest BCUT2D eigenvalue weighted by molar-refractivity contribution is -0.130. The third kappa shape index (κ3) is 5.70. The molecule has 1 aliphatic heterocycles. The van der Waals surface area contributed by atoms with Crippen molar-refractivity contribution in [1.29, 1.82) is 0 Å². The summed E-state index contributed by atoms with van der Waals surface area (Å²) < 4.78 is 36.3. The van der Waals surface area contributed by atoms with Gasteiger partial charge in [0.1, 0.15) is 0 Å². The van der Waals surface area contributed by atoms with Crippen LogP contribution in [0.2, 0.25) is 5.02 Å². The Balaban J connectivity index is 1.77. The second-order valence-corrected chi connectivity index (χ2v) is 6.50. The molecule has 8 heteroatoms. The van der Waals surface area contributed by atoms with Gasteiger partial charge in [0.2, 0.25) is 5.91 Å². The van der Waals surface area contributed by atoms with Crippen LogP contribution in [0.15, 0.2) is 24.3 Å². The maximum absolute atomic E-state index is 12.1. The molecular weight excluding hydrogens is 337 g/mol. The first kappa shape index (κ1) is 17.4. The van der Waals surface area contributed by atoms with Crippen LogP contribution in [0.1, 0.15) is 5.56 Å².